The van der Waals surface area contributed by atoms with Crippen molar-refractivity contribution >= 4 is 60.3 Å². The first-order valence-electron chi connectivity index (χ1n) is 7.16. The van der Waals surface area contributed by atoms with Crippen molar-refractivity contribution in [2.24, 2.45) is 0 Å². The van der Waals surface area contributed by atoms with Crippen LogP contribution in [0.1, 0.15) is 24.2 Å². The second-order valence-corrected chi connectivity index (χ2v) is 8.79. The average molecular weight is 407 g/mol. The van der Waals surface area contributed by atoms with E-state index in [4.69, 9.17) is 0 Å². The zero-order valence-corrected chi connectivity index (χ0v) is 15.9. The Morgan fingerprint density at radius 1 is 1.26 bits per heavy atom. The number of fused-ring (bicyclic) bond motifs is 1. The lowest BCUT2D eigenvalue weighted by Crippen LogP contribution is -2.11. The number of hydrogen-bond acceptors (Lipinski definition) is 4. The molecule has 3 rings (SSSR count). The van der Waals surface area contributed by atoms with Gasteiger partial charge in [-0.05, 0) is 46.3 Å². The van der Waals surface area contributed by atoms with E-state index in [2.05, 4.69) is 40.1 Å². The average Bonchev–Trinajstić information content (AvgIpc) is 2.91. The first kappa shape index (κ1) is 16.5. The molecule has 3 nitrogen and oxygen atoms in total. The van der Waals surface area contributed by atoms with E-state index in [1.165, 1.54) is 11.3 Å². The summed E-state index contributed by atoms with van der Waals surface area (Å²) >= 11 is 6.70. The number of nitrogens with zero attached hydrogens (tertiary/aromatic N) is 1. The molecule has 0 aliphatic heterocycles. The summed E-state index contributed by atoms with van der Waals surface area (Å²) in [5, 5.41) is 3.99. The van der Waals surface area contributed by atoms with Crippen LogP contribution in [-0.2, 0) is 0 Å². The van der Waals surface area contributed by atoms with Gasteiger partial charge in [0.15, 0.2) is 5.13 Å². The van der Waals surface area contributed by atoms with Gasteiger partial charge in [0.05, 0.1) is 10.2 Å². The maximum Gasteiger partial charge on any atom is 0.257 e. The van der Waals surface area contributed by atoms with Crippen LogP contribution in [0.4, 0.5) is 5.13 Å². The predicted octanol–water partition coefficient (Wildman–Crippen LogP) is 5.81. The van der Waals surface area contributed by atoms with Gasteiger partial charge in [0, 0.05) is 20.2 Å². The highest BCUT2D eigenvalue weighted by molar-refractivity contribution is 9.10. The number of carbonyl (C=O) groups excluding carboxylic acids is 1. The normalized spacial score (nSPS) is 11.1. The van der Waals surface area contributed by atoms with Gasteiger partial charge in [-0.3, -0.25) is 10.1 Å². The molecule has 0 bridgehead atoms. The van der Waals surface area contributed by atoms with Gasteiger partial charge in [-0.15, -0.1) is 11.8 Å². The van der Waals surface area contributed by atoms with Crippen molar-refractivity contribution in [3.63, 3.8) is 0 Å². The summed E-state index contributed by atoms with van der Waals surface area (Å²) in [6.07, 6.45) is 0. The van der Waals surface area contributed by atoms with E-state index in [-0.39, 0.29) is 5.91 Å². The summed E-state index contributed by atoms with van der Waals surface area (Å²) in [5.41, 5.74) is 1.52. The van der Waals surface area contributed by atoms with Gasteiger partial charge in [-0.1, -0.05) is 37.3 Å². The molecule has 2 aromatic carbocycles. The first-order chi connectivity index (χ1) is 11.0. The molecule has 1 amide bonds. The van der Waals surface area contributed by atoms with E-state index >= 15 is 0 Å². The molecular formula is C17H15BrN2OS2. The second-order valence-electron chi connectivity index (χ2n) is 5.25. The largest absolute Gasteiger partial charge is 0.298 e. The summed E-state index contributed by atoms with van der Waals surface area (Å²) < 4.78 is 1.97. The van der Waals surface area contributed by atoms with E-state index in [0.717, 1.165) is 19.6 Å². The van der Waals surface area contributed by atoms with Crippen molar-refractivity contribution in [1.29, 1.82) is 0 Å². The highest BCUT2D eigenvalue weighted by atomic mass is 79.9. The van der Waals surface area contributed by atoms with Gasteiger partial charge in [-0.25, -0.2) is 4.98 Å². The molecule has 0 saturated carbocycles. The molecule has 0 aliphatic carbocycles. The van der Waals surface area contributed by atoms with Crippen LogP contribution in [0.5, 0.6) is 0 Å². The van der Waals surface area contributed by atoms with Gasteiger partial charge < -0.3 is 0 Å². The van der Waals surface area contributed by atoms with Crippen LogP contribution in [-0.4, -0.2) is 16.1 Å². The summed E-state index contributed by atoms with van der Waals surface area (Å²) in [7, 11) is 0. The number of anilines is 1. The lowest BCUT2D eigenvalue weighted by molar-refractivity contribution is 0.102. The molecule has 0 saturated heterocycles. The summed E-state index contributed by atoms with van der Waals surface area (Å²) in [5.74, 6) is -0.133. The number of benzene rings is 2. The minimum Gasteiger partial charge on any atom is -0.298 e. The van der Waals surface area contributed by atoms with Crippen molar-refractivity contribution in [2.45, 2.75) is 24.0 Å². The molecule has 1 N–H and O–H groups in total. The van der Waals surface area contributed by atoms with Crippen LogP contribution >= 0.6 is 39.0 Å². The molecule has 0 fully saturated rings. The molecule has 3 aromatic rings. The highest BCUT2D eigenvalue weighted by Gasteiger charge is 2.12. The molecule has 118 valence electrons. The van der Waals surface area contributed by atoms with Gasteiger partial charge in [0.25, 0.3) is 5.91 Å². The van der Waals surface area contributed by atoms with E-state index < -0.39 is 0 Å². The molecule has 6 heteroatoms. The molecule has 0 unspecified atom stereocenters. The van der Waals surface area contributed by atoms with Crippen molar-refractivity contribution in [3.05, 3.63) is 52.5 Å². The van der Waals surface area contributed by atoms with Crippen LogP contribution in [0.2, 0.25) is 0 Å². The Bertz CT molecular complexity index is 861. The number of para-hydroxylation sites is 1. The van der Waals surface area contributed by atoms with Crippen LogP contribution in [0.3, 0.4) is 0 Å². The third-order valence-electron chi connectivity index (χ3n) is 3.06. The zero-order valence-electron chi connectivity index (χ0n) is 12.7. The molecule has 23 heavy (non-hydrogen) atoms. The van der Waals surface area contributed by atoms with Crippen LogP contribution in [0.25, 0.3) is 10.2 Å². The lowest BCUT2D eigenvalue weighted by Gasteiger charge is -2.07. The smallest absolute Gasteiger partial charge is 0.257 e. The quantitative estimate of drug-likeness (QED) is 0.555. The molecule has 1 aromatic heterocycles. The van der Waals surface area contributed by atoms with Crippen molar-refractivity contribution in [2.75, 3.05) is 5.32 Å². The predicted molar refractivity (Wildman–Crippen MR) is 103 cm³/mol. The maximum absolute atomic E-state index is 12.4. The van der Waals surface area contributed by atoms with Crippen molar-refractivity contribution in [3.8, 4) is 0 Å². The number of hydrogen-bond donors (Lipinski definition) is 1. The van der Waals surface area contributed by atoms with E-state index in [1.54, 1.807) is 11.8 Å². The number of aromatic nitrogens is 1. The minimum atomic E-state index is -0.133. The fourth-order valence-electron chi connectivity index (χ4n) is 2.12. The monoisotopic (exact) mass is 406 g/mol. The number of thiazole rings is 1. The fourth-order valence-corrected chi connectivity index (χ4v) is 4.49. The van der Waals surface area contributed by atoms with Gasteiger partial charge in [-0.2, -0.15) is 0 Å². The molecular weight excluding hydrogens is 392 g/mol. The third kappa shape index (κ3) is 3.94. The Balaban J connectivity index is 1.81. The number of nitrogens with one attached hydrogen (secondary N) is 1. The summed E-state index contributed by atoms with van der Waals surface area (Å²) in [6.45, 7) is 4.27. The van der Waals surface area contributed by atoms with Gasteiger partial charge >= 0.3 is 0 Å². The summed E-state index contributed by atoms with van der Waals surface area (Å²) in [4.78, 5) is 18.0. The van der Waals surface area contributed by atoms with E-state index in [0.29, 0.717) is 15.9 Å². The minimum absolute atomic E-state index is 0.133. The first-order valence-corrected chi connectivity index (χ1v) is 9.65. The lowest BCUT2D eigenvalue weighted by atomic mass is 10.2. The topological polar surface area (TPSA) is 42.0 Å². The standard InChI is InChI=1S/C17H15BrN2OS2/c1-10(2)22-12-6-3-5-11(9-12)16(21)20-17-19-15-13(18)7-4-8-14(15)23-17/h3-10H,1-2H3,(H,19,20,21). The number of amides is 1. The number of carbonyl (C=O) groups is 1. The fraction of sp³-hybridized carbons (Fsp3) is 0.176. The molecule has 0 spiro atoms. The Hall–Kier alpha value is -1.37. The maximum atomic E-state index is 12.4. The van der Waals surface area contributed by atoms with Crippen LogP contribution in [0.15, 0.2) is 51.8 Å². The Morgan fingerprint density at radius 2 is 2.04 bits per heavy atom. The third-order valence-corrected chi connectivity index (χ3v) is 5.63. The summed E-state index contributed by atoms with van der Waals surface area (Å²) in [6, 6.07) is 13.6. The van der Waals surface area contributed by atoms with Gasteiger partial charge in [0.2, 0.25) is 0 Å². The van der Waals surface area contributed by atoms with Gasteiger partial charge in [0.1, 0.15) is 0 Å². The molecule has 0 atom stereocenters. The SMILES string of the molecule is CC(C)Sc1cccc(C(=O)Nc2nc3c(Br)cccc3s2)c1. The van der Waals surface area contributed by atoms with E-state index in [1.807, 2.05) is 42.5 Å². The highest BCUT2D eigenvalue weighted by Crippen LogP contribution is 2.31. The van der Waals surface area contributed by atoms with Crippen LogP contribution in [0, 0.1) is 0 Å². The number of rotatable bonds is 4. The Labute approximate surface area is 151 Å². The molecule has 0 aliphatic rings. The zero-order chi connectivity index (χ0) is 16.4. The van der Waals surface area contributed by atoms with Crippen molar-refractivity contribution in [1.82, 2.24) is 4.98 Å². The Kier molecular flexibility index (Phi) is 5.04. The molecule has 0 radical (unpaired) electrons. The number of thioether (sulfide) groups is 1. The number of halogens is 1. The second kappa shape index (κ2) is 7.03. The van der Waals surface area contributed by atoms with Crippen molar-refractivity contribution < 1.29 is 4.79 Å². The molecule has 1 heterocycles. The van der Waals surface area contributed by atoms with E-state index in [9.17, 15) is 4.79 Å². The van der Waals surface area contributed by atoms with Crippen LogP contribution < -0.4 is 5.32 Å². The Morgan fingerprint density at radius 3 is 2.78 bits per heavy atom.